The number of nitrogens with one attached hydrogen (secondary N) is 1. The van der Waals surface area contributed by atoms with Gasteiger partial charge in [0.25, 0.3) is 0 Å². The van der Waals surface area contributed by atoms with Crippen LogP contribution in [0.4, 0.5) is 11.9 Å². The van der Waals surface area contributed by atoms with E-state index in [0.717, 1.165) is 11.3 Å². The zero-order valence-electron chi connectivity index (χ0n) is 11.7. The van der Waals surface area contributed by atoms with Gasteiger partial charge < -0.3 is 15.8 Å². The van der Waals surface area contributed by atoms with Gasteiger partial charge in [0, 0.05) is 12.7 Å². The molecular formula is C14H19N5O. The molecule has 1 aromatic heterocycles. The van der Waals surface area contributed by atoms with Gasteiger partial charge >= 0.3 is 0 Å². The molecule has 0 atom stereocenters. The molecule has 0 unspecified atom stereocenters. The van der Waals surface area contributed by atoms with Gasteiger partial charge in [0.2, 0.25) is 11.9 Å². The Labute approximate surface area is 118 Å². The van der Waals surface area contributed by atoms with Crippen LogP contribution in [0.1, 0.15) is 19.4 Å². The highest BCUT2D eigenvalue weighted by molar-refractivity contribution is 5.38. The normalized spacial score (nSPS) is 10.6. The van der Waals surface area contributed by atoms with Crippen molar-refractivity contribution in [2.24, 2.45) is 0 Å². The van der Waals surface area contributed by atoms with E-state index in [2.05, 4.69) is 22.0 Å². The van der Waals surface area contributed by atoms with Crippen LogP contribution in [-0.4, -0.2) is 20.9 Å². The topological polar surface area (TPSA) is 78.0 Å². The van der Waals surface area contributed by atoms with Crippen LogP contribution in [0.15, 0.2) is 30.8 Å². The number of nitrogens with two attached hydrogens (primary N) is 1. The molecule has 2 rings (SSSR count). The fourth-order valence-electron chi connectivity index (χ4n) is 1.68. The Kier molecular flexibility index (Phi) is 4.24. The Morgan fingerprint density at radius 2 is 2.10 bits per heavy atom. The maximum atomic E-state index is 5.65. The van der Waals surface area contributed by atoms with E-state index in [1.165, 1.54) is 10.9 Å². The Balaban J connectivity index is 1.94. The molecule has 6 heteroatoms. The van der Waals surface area contributed by atoms with Crippen molar-refractivity contribution in [2.75, 3.05) is 11.1 Å². The first-order chi connectivity index (χ1) is 9.58. The molecule has 0 saturated carbocycles. The number of anilines is 2. The average molecular weight is 273 g/mol. The van der Waals surface area contributed by atoms with Gasteiger partial charge in [0.05, 0.1) is 6.10 Å². The van der Waals surface area contributed by atoms with E-state index < -0.39 is 0 Å². The van der Waals surface area contributed by atoms with Crippen molar-refractivity contribution in [1.82, 2.24) is 14.8 Å². The third-order valence-electron chi connectivity index (χ3n) is 2.58. The summed E-state index contributed by atoms with van der Waals surface area (Å²) in [7, 11) is 0. The minimum atomic E-state index is 0.175. The van der Waals surface area contributed by atoms with Crippen LogP contribution >= 0.6 is 0 Å². The van der Waals surface area contributed by atoms with Gasteiger partial charge in [-0.1, -0.05) is 18.7 Å². The van der Waals surface area contributed by atoms with Crippen LogP contribution in [0.5, 0.6) is 5.75 Å². The molecule has 0 aliphatic heterocycles. The van der Waals surface area contributed by atoms with Gasteiger partial charge in [0.15, 0.2) is 0 Å². The Hall–Kier alpha value is -2.50. The van der Waals surface area contributed by atoms with E-state index in [1.807, 2.05) is 38.1 Å². The second-order valence-electron chi connectivity index (χ2n) is 4.58. The summed E-state index contributed by atoms with van der Waals surface area (Å²) >= 11 is 0. The Bertz CT molecular complexity index is 574. The van der Waals surface area contributed by atoms with Crippen molar-refractivity contribution in [3.8, 4) is 5.75 Å². The standard InChI is InChI=1S/C14H19N5O/c1-4-19-13(15)17-14(18-19)16-9-11-5-7-12(8-6-11)20-10(2)3/h4-8,10H,1,9H2,2-3H3,(H3,15,16,17,18). The van der Waals surface area contributed by atoms with E-state index in [1.54, 1.807) is 0 Å². The number of aromatic nitrogens is 3. The largest absolute Gasteiger partial charge is 0.491 e. The summed E-state index contributed by atoms with van der Waals surface area (Å²) in [6, 6.07) is 7.89. The van der Waals surface area contributed by atoms with Crippen LogP contribution in [0.25, 0.3) is 6.20 Å². The molecule has 0 aliphatic carbocycles. The molecule has 3 N–H and O–H groups in total. The number of ether oxygens (including phenoxy) is 1. The van der Waals surface area contributed by atoms with E-state index in [-0.39, 0.29) is 6.10 Å². The molecule has 20 heavy (non-hydrogen) atoms. The maximum absolute atomic E-state index is 5.65. The Morgan fingerprint density at radius 1 is 1.40 bits per heavy atom. The van der Waals surface area contributed by atoms with E-state index in [4.69, 9.17) is 10.5 Å². The SMILES string of the molecule is C=Cn1nc(NCc2ccc(OC(C)C)cc2)nc1N. The van der Waals surface area contributed by atoms with Crippen LogP contribution in [0.3, 0.4) is 0 Å². The molecule has 6 nitrogen and oxygen atoms in total. The monoisotopic (exact) mass is 273 g/mol. The molecule has 0 spiro atoms. The minimum Gasteiger partial charge on any atom is -0.491 e. The molecule has 0 amide bonds. The summed E-state index contributed by atoms with van der Waals surface area (Å²) in [5.74, 6) is 1.65. The van der Waals surface area contributed by atoms with Crippen molar-refractivity contribution < 1.29 is 4.74 Å². The predicted molar refractivity (Wildman–Crippen MR) is 80.4 cm³/mol. The summed E-state index contributed by atoms with van der Waals surface area (Å²) in [6.07, 6.45) is 1.68. The number of rotatable bonds is 6. The lowest BCUT2D eigenvalue weighted by atomic mass is 10.2. The number of hydrogen-bond acceptors (Lipinski definition) is 5. The lowest BCUT2D eigenvalue weighted by Gasteiger charge is -2.10. The molecule has 2 aromatic rings. The molecule has 0 fully saturated rings. The molecule has 1 heterocycles. The van der Waals surface area contributed by atoms with Gasteiger partial charge in [0.1, 0.15) is 5.75 Å². The average Bonchev–Trinajstić information content (AvgIpc) is 2.78. The van der Waals surface area contributed by atoms with E-state index >= 15 is 0 Å². The summed E-state index contributed by atoms with van der Waals surface area (Å²) in [5.41, 5.74) is 6.75. The number of benzene rings is 1. The third kappa shape index (κ3) is 3.50. The van der Waals surface area contributed by atoms with Gasteiger partial charge in [-0.05, 0) is 31.5 Å². The first kappa shape index (κ1) is 13.9. The fourth-order valence-corrected chi connectivity index (χ4v) is 1.68. The van der Waals surface area contributed by atoms with Gasteiger partial charge in [-0.3, -0.25) is 0 Å². The summed E-state index contributed by atoms with van der Waals surface area (Å²) in [4.78, 5) is 4.08. The summed E-state index contributed by atoms with van der Waals surface area (Å²) in [6.45, 7) is 8.21. The maximum Gasteiger partial charge on any atom is 0.244 e. The molecule has 106 valence electrons. The number of nitrogens with zero attached hydrogens (tertiary/aromatic N) is 3. The smallest absolute Gasteiger partial charge is 0.244 e. The highest BCUT2D eigenvalue weighted by atomic mass is 16.5. The highest BCUT2D eigenvalue weighted by Crippen LogP contribution is 2.14. The van der Waals surface area contributed by atoms with Crippen molar-refractivity contribution in [2.45, 2.75) is 26.5 Å². The van der Waals surface area contributed by atoms with Crippen molar-refractivity contribution >= 4 is 18.1 Å². The minimum absolute atomic E-state index is 0.175. The summed E-state index contributed by atoms with van der Waals surface area (Å²) in [5, 5.41) is 7.23. The Morgan fingerprint density at radius 3 is 2.65 bits per heavy atom. The van der Waals surface area contributed by atoms with Crippen molar-refractivity contribution in [3.05, 3.63) is 36.4 Å². The summed E-state index contributed by atoms with van der Waals surface area (Å²) < 4.78 is 7.01. The molecule has 0 aliphatic rings. The molecule has 0 bridgehead atoms. The van der Waals surface area contributed by atoms with E-state index in [9.17, 15) is 0 Å². The van der Waals surface area contributed by atoms with Crippen LogP contribution in [-0.2, 0) is 6.54 Å². The lowest BCUT2D eigenvalue weighted by Crippen LogP contribution is -2.06. The van der Waals surface area contributed by atoms with Crippen molar-refractivity contribution in [1.29, 1.82) is 0 Å². The van der Waals surface area contributed by atoms with Gasteiger partial charge in [-0.15, -0.1) is 5.10 Å². The molecule has 1 aromatic carbocycles. The van der Waals surface area contributed by atoms with E-state index in [0.29, 0.717) is 18.4 Å². The number of nitrogen functional groups attached to an aromatic ring is 1. The molecule has 0 saturated heterocycles. The van der Waals surface area contributed by atoms with Crippen LogP contribution < -0.4 is 15.8 Å². The quantitative estimate of drug-likeness (QED) is 0.844. The lowest BCUT2D eigenvalue weighted by molar-refractivity contribution is 0.242. The van der Waals surface area contributed by atoms with Gasteiger partial charge in [-0.25, -0.2) is 4.68 Å². The second kappa shape index (κ2) is 6.10. The predicted octanol–water partition coefficient (Wildman–Crippen LogP) is 2.36. The van der Waals surface area contributed by atoms with Crippen molar-refractivity contribution in [3.63, 3.8) is 0 Å². The first-order valence-electron chi connectivity index (χ1n) is 6.42. The van der Waals surface area contributed by atoms with Crippen LogP contribution in [0, 0.1) is 0 Å². The van der Waals surface area contributed by atoms with Gasteiger partial charge in [-0.2, -0.15) is 4.98 Å². The third-order valence-corrected chi connectivity index (χ3v) is 2.58. The molecule has 0 radical (unpaired) electrons. The fraction of sp³-hybridized carbons (Fsp3) is 0.286. The number of hydrogen-bond donors (Lipinski definition) is 2. The second-order valence-corrected chi connectivity index (χ2v) is 4.58. The highest BCUT2D eigenvalue weighted by Gasteiger charge is 2.04. The molecular weight excluding hydrogens is 254 g/mol. The zero-order chi connectivity index (χ0) is 14.5. The van der Waals surface area contributed by atoms with Crippen LogP contribution in [0.2, 0.25) is 0 Å². The zero-order valence-corrected chi connectivity index (χ0v) is 11.7. The first-order valence-corrected chi connectivity index (χ1v) is 6.42.